The molecule has 1 atom stereocenters. The summed E-state index contributed by atoms with van der Waals surface area (Å²) in [6.07, 6.45) is 1.97. The standard InChI is InChI=1S/C8H20O6P2/c1-2-14-15(10,8-16(11,12)13)7-5-3-4-6-9/h9H,2-8H2,1H3,(H2,11,12,13). The van der Waals surface area contributed by atoms with Gasteiger partial charge in [0.25, 0.3) is 0 Å². The summed E-state index contributed by atoms with van der Waals surface area (Å²) >= 11 is 0. The van der Waals surface area contributed by atoms with E-state index in [2.05, 4.69) is 0 Å². The van der Waals surface area contributed by atoms with Gasteiger partial charge in [0.15, 0.2) is 0 Å². The van der Waals surface area contributed by atoms with Crippen LogP contribution in [0.25, 0.3) is 0 Å². The maximum atomic E-state index is 12.0. The number of aliphatic hydroxyl groups is 1. The summed E-state index contributed by atoms with van der Waals surface area (Å²) in [5.41, 5.74) is 0. The quantitative estimate of drug-likeness (QED) is 0.436. The van der Waals surface area contributed by atoms with E-state index in [4.69, 9.17) is 19.4 Å². The molecule has 0 aliphatic heterocycles. The second-order valence-electron chi connectivity index (χ2n) is 3.55. The minimum absolute atomic E-state index is 0.0669. The molecule has 0 aromatic heterocycles. The van der Waals surface area contributed by atoms with Crippen LogP contribution in [0, 0.1) is 0 Å². The maximum absolute atomic E-state index is 12.0. The molecule has 98 valence electrons. The van der Waals surface area contributed by atoms with Crippen LogP contribution in [-0.4, -0.2) is 40.2 Å². The minimum Gasteiger partial charge on any atom is -0.396 e. The Morgan fingerprint density at radius 1 is 1.12 bits per heavy atom. The lowest BCUT2D eigenvalue weighted by Gasteiger charge is -2.18. The highest BCUT2D eigenvalue weighted by molar-refractivity contribution is 7.73. The predicted octanol–water partition coefficient (Wildman–Crippen LogP) is 1.60. The van der Waals surface area contributed by atoms with E-state index in [1.165, 1.54) is 0 Å². The number of aliphatic hydroxyl groups excluding tert-OH is 1. The number of rotatable bonds is 9. The first-order valence-corrected chi connectivity index (χ1v) is 9.00. The Morgan fingerprint density at radius 2 is 1.75 bits per heavy atom. The van der Waals surface area contributed by atoms with Gasteiger partial charge in [-0.15, -0.1) is 0 Å². The number of hydrogen-bond donors (Lipinski definition) is 3. The van der Waals surface area contributed by atoms with Crippen molar-refractivity contribution in [1.29, 1.82) is 0 Å². The molecule has 0 radical (unpaired) electrons. The summed E-state index contributed by atoms with van der Waals surface area (Å²) in [5, 5.41) is 8.56. The Bertz CT molecular complexity index is 274. The topological polar surface area (TPSA) is 104 Å². The average molecular weight is 274 g/mol. The van der Waals surface area contributed by atoms with E-state index in [1.54, 1.807) is 6.92 Å². The third-order valence-corrected chi connectivity index (χ3v) is 6.84. The zero-order valence-corrected chi connectivity index (χ0v) is 11.2. The van der Waals surface area contributed by atoms with Gasteiger partial charge >= 0.3 is 7.60 Å². The molecule has 0 spiro atoms. The van der Waals surface area contributed by atoms with Crippen molar-refractivity contribution >= 4 is 15.0 Å². The number of hydrogen-bond acceptors (Lipinski definition) is 4. The third-order valence-electron chi connectivity index (χ3n) is 1.92. The first-order valence-electron chi connectivity index (χ1n) is 5.21. The second kappa shape index (κ2) is 7.59. The largest absolute Gasteiger partial charge is 0.396 e. The van der Waals surface area contributed by atoms with Crippen molar-refractivity contribution in [2.75, 3.05) is 25.3 Å². The van der Waals surface area contributed by atoms with E-state index in [1.807, 2.05) is 0 Å². The Morgan fingerprint density at radius 3 is 2.19 bits per heavy atom. The van der Waals surface area contributed by atoms with Crippen LogP contribution in [0.1, 0.15) is 26.2 Å². The van der Waals surface area contributed by atoms with Crippen LogP contribution in [0.15, 0.2) is 0 Å². The molecule has 0 aliphatic carbocycles. The van der Waals surface area contributed by atoms with Gasteiger partial charge in [0, 0.05) is 12.8 Å². The zero-order valence-electron chi connectivity index (χ0n) is 9.41. The lowest BCUT2D eigenvalue weighted by atomic mass is 10.3. The van der Waals surface area contributed by atoms with Crippen molar-refractivity contribution in [1.82, 2.24) is 0 Å². The van der Waals surface area contributed by atoms with Crippen LogP contribution in [0.3, 0.4) is 0 Å². The van der Waals surface area contributed by atoms with E-state index >= 15 is 0 Å². The normalized spacial score (nSPS) is 16.0. The summed E-state index contributed by atoms with van der Waals surface area (Å²) in [6.45, 7) is 1.88. The first-order chi connectivity index (χ1) is 7.33. The monoisotopic (exact) mass is 274 g/mol. The van der Waals surface area contributed by atoms with Crippen LogP contribution < -0.4 is 0 Å². The van der Waals surface area contributed by atoms with Gasteiger partial charge in [-0.2, -0.15) is 0 Å². The summed E-state index contributed by atoms with van der Waals surface area (Å²) in [4.78, 5) is 17.6. The van der Waals surface area contributed by atoms with Gasteiger partial charge in [-0.3, -0.25) is 9.13 Å². The molecule has 0 aliphatic rings. The van der Waals surface area contributed by atoms with Crippen molar-refractivity contribution in [3.63, 3.8) is 0 Å². The molecule has 3 N–H and O–H groups in total. The van der Waals surface area contributed by atoms with E-state index in [0.29, 0.717) is 19.3 Å². The summed E-state index contributed by atoms with van der Waals surface area (Å²) < 4.78 is 27.8. The highest BCUT2D eigenvalue weighted by atomic mass is 31.2. The Kier molecular flexibility index (Phi) is 7.73. The molecular weight excluding hydrogens is 254 g/mol. The predicted molar refractivity (Wildman–Crippen MR) is 61.9 cm³/mol. The molecule has 6 nitrogen and oxygen atoms in total. The Labute approximate surface area is 95.6 Å². The van der Waals surface area contributed by atoms with Crippen molar-refractivity contribution < 1.29 is 28.5 Å². The second-order valence-corrected chi connectivity index (χ2v) is 8.34. The van der Waals surface area contributed by atoms with E-state index in [9.17, 15) is 9.13 Å². The molecule has 0 saturated carbocycles. The van der Waals surface area contributed by atoms with Crippen molar-refractivity contribution in [3.05, 3.63) is 0 Å². The highest BCUT2D eigenvalue weighted by Gasteiger charge is 2.31. The fraction of sp³-hybridized carbons (Fsp3) is 1.00. The lowest BCUT2D eigenvalue weighted by Crippen LogP contribution is -2.01. The summed E-state index contributed by atoms with van der Waals surface area (Å²) in [5.74, 6) is -0.688. The third kappa shape index (κ3) is 8.45. The van der Waals surface area contributed by atoms with Crippen molar-refractivity contribution in [2.24, 2.45) is 0 Å². The molecular formula is C8H20O6P2. The van der Waals surface area contributed by atoms with Gasteiger partial charge in [0.1, 0.15) is 5.90 Å². The average Bonchev–Trinajstić information content (AvgIpc) is 2.10. The van der Waals surface area contributed by atoms with E-state index in [-0.39, 0.29) is 19.4 Å². The fourth-order valence-electron chi connectivity index (χ4n) is 1.33. The van der Waals surface area contributed by atoms with Crippen LogP contribution in [0.5, 0.6) is 0 Å². The zero-order chi connectivity index (χ0) is 12.7. The first kappa shape index (κ1) is 16.3. The molecule has 0 rings (SSSR count). The molecule has 0 bridgehead atoms. The Balaban J connectivity index is 4.23. The minimum atomic E-state index is -4.31. The molecule has 0 saturated heterocycles. The van der Waals surface area contributed by atoms with Crippen molar-refractivity contribution in [2.45, 2.75) is 26.2 Å². The molecule has 16 heavy (non-hydrogen) atoms. The SMILES string of the molecule is CCOP(=O)(CCCCCO)CP(=O)(O)O. The van der Waals surface area contributed by atoms with E-state index in [0.717, 1.165) is 0 Å². The molecule has 0 heterocycles. The van der Waals surface area contributed by atoms with Crippen molar-refractivity contribution in [3.8, 4) is 0 Å². The smallest absolute Gasteiger partial charge is 0.335 e. The van der Waals surface area contributed by atoms with Crippen LogP contribution in [0.4, 0.5) is 0 Å². The summed E-state index contributed by atoms with van der Waals surface area (Å²) in [6, 6.07) is 0. The molecule has 0 amide bonds. The van der Waals surface area contributed by atoms with Crippen LogP contribution in [0.2, 0.25) is 0 Å². The number of unbranched alkanes of at least 4 members (excludes halogenated alkanes) is 2. The lowest BCUT2D eigenvalue weighted by molar-refractivity contribution is 0.283. The Hall–Kier alpha value is 0.300. The van der Waals surface area contributed by atoms with Gasteiger partial charge in [0.2, 0.25) is 7.37 Å². The van der Waals surface area contributed by atoms with Gasteiger partial charge in [0.05, 0.1) is 6.61 Å². The van der Waals surface area contributed by atoms with Crippen LogP contribution in [-0.2, 0) is 13.7 Å². The van der Waals surface area contributed by atoms with E-state index < -0.39 is 20.9 Å². The highest BCUT2D eigenvalue weighted by Crippen LogP contribution is 2.58. The molecule has 0 fully saturated rings. The van der Waals surface area contributed by atoms with Gasteiger partial charge in [-0.05, 0) is 19.8 Å². The molecule has 1 unspecified atom stereocenters. The summed E-state index contributed by atoms with van der Waals surface area (Å²) in [7, 11) is -7.54. The molecule has 8 heteroatoms. The van der Waals surface area contributed by atoms with Gasteiger partial charge in [-0.1, -0.05) is 6.42 Å². The maximum Gasteiger partial charge on any atom is 0.335 e. The van der Waals surface area contributed by atoms with Crippen LogP contribution >= 0.6 is 15.0 Å². The fourth-order valence-corrected chi connectivity index (χ4v) is 5.78. The molecule has 0 aromatic rings. The van der Waals surface area contributed by atoms with Gasteiger partial charge in [-0.25, -0.2) is 0 Å². The molecule has 0 aromatic carbocycles. The van der Waals surface area contributed by atoms with Gasteiger partial charge < -0.3 is 19.4 Å².